The van der Waals surface area contributed by atoms with Crippen molar-refractivity contribution in [3.05, 3.63) is 65.7 Å². The van der Waals surface area contributed by atoms with Crippen LogP contribution in [-0.2, 0) is 0 Å². The Morgan fingerprint density at radius 2 is 2.04 bits per heavy atom. The third-order valence-electron chi connectivity index (χ3n) is 3.47. The predicted molar refractivity (Wildman–Crippen MR) is 89.3 cm³/mol. The molecule has 0 aliphatic carbocycles. The average Bonchev–Trinajstić information content (AvgIpc) is 3.26. The van der Waals surface area contributed by atoms with Gasteiger partial charge in [0.25, 0.3) is 5.91 Å². The molecule has 0 aliphatic heterocycles. The molecule has 0 unspecified atom stereocenters. The first kappa shape index (κ1) is 13.7. The van der Waals surface area contributed by atoms with E-state index in [9.17, 15) is 4.79 Å². The lowest BCUT2D eigenvalue weighted by molar-refractivity contribution is 0.103. The molecule has 0 atom stereocenters. The molecule has 0 fully saturated rings. The molecule has 4 heterocycles. The Balaban J connectivity index is 1.61. The highest BCUT2D eigenvalue weighted by Crippen LogP contribution is 2.23. The zero-order chi connectivity index (χ0) is 15.8. The minimum Gasteiger partial charge on any atom is -0.321 e. The molecule has 114 valence electrons. The molecule has 0 spiro atoms. The van der Waals surface area contributed by atoms with Crippen LogP contribution in [0.5, 0.6) is 0 Å². The number of rotatable bonds is 3. The van der Waals surface area contributed by atoms with E-state index in [2.05, 4.69) is 15.4 Å². The normalized spacial score (nSPS) is 11.0. The van der Waals surface area contributed by atoms with Gasteiger partial charge in [-0.2, -0.15) is 5.10 Å². The number of aryl methyl sites for hydroxylation is 1. The van der Waals surface area contributed by atoms with E-state index in [1.54, 1.807) is 10.7 Å². The number of anilines is 1. The molecule has 0 radical (unpaired) electrons. The Hall–Kier alpha value is -2.93. The number of carbonyl (C=O) groups excluding carboxylic acids is 1. The fourth-order valence-corrected chi connectivity index (χ4v) is 3.28. The van der Waals surface area contributed by atoms with Crippen LogP contribution in [0.2, 0.25) is 0 Å². The maximum absolute atomic E-state index is 12.5. The minimum atomic E-state index is -0.151. The summed E-state index contributed by atoms with van der Waals surface area (Å²) in [5, 5.41) is 7.84. The largest absolute Gasteiger partial charge is 0.321 e. The van der Waals surface area contributed by atoms with Gasteiger partial charge in [-0.3, -0.25) is 4.79 Å². The number of thiazole rings is 1. The third-order valence-corrected chi connectivity index (χ3v) is 4.64. The summed E-state index contributed by atoms with van der Waals surface area (Å²) in [6.07, 6.45) is 7.36. The molecule has 7 heteroatoms. The topological polar surface area (TPSA) is 64.2 Å². The zero-order valence-electron chi connectivity index (χ0n) is 12.3. The maximum atomic E-state index is 12.5. The SMILES string of the molecule is Cc1nc(-n2cccc2)sc1C(=O)Nc1ccn2nccc2c1. The van der Waals surface area contributed by atoms with Crippen molar-refractivity contribution in [2.24, 2.45) is 0 Å². The molecule has 4 aromatic heterocycles. The first-order valence-electron chi connectivity index (χ1n) is 7.06. The number of hydrogen-bond donors (Lipinski definition) is 1. The van der Waals surface area contributed by atoms with Crippen LogP contribution in [0.1, 0.15) is 15.4 Å². The second kappa shape index (κ2) is 5.36. The van der Waals surface area contributed by atoms with Gasteiger partial charge in [-0.25, -0.2) is 9.50 Å². The van der Waals surface area contributed by atoms with Crippen LogP contribution < -0.4 is 5.32 Å². The average molecular weight is 323 g/mol. The Bertz CT molecular complexity index is 983. The quantitative estimate of drug-likeness (QED) is 0.630. The van der Waals surface area contributed by atoms with Crippen molar-refractivity contribution >= 4 is 28.4 Å². The van der Waals surface area contributed by atoms with Crippen molar-refractivity contribution in [3.8, 4) is 5.13 Å². The zero-order valence-corrected chi connectivity index (χ0v) is 13.1. The standard InChI is InChI=1S/C16H13N5OS/c1-11-14(23-16(18-11)20-7-2-3-8-20)15(22)19-12-5-9-21-13(10-12)4-6-17-21/h2-10H,1H3,(H,19,22). The van der Waals surface area contributed by atoms with E-state index in [0.29, 0.717) is 4.88 Å². The third kappa shape index (κ3) is 2.51. The fraction of sp³-hybridized carbons (Fsp3) is 0.0625. The second-order valence-electron chi connectivity index (χ2n) is 5.07. The van der Waals surface area contributed by atoms with E-state index in [0.717, 1.165) is 22.0 Å². The molecular weight excluding hydrogens is 310 g/mol. The van der Waals surface area contributed by atoms with Crippen molar-refractivity contribution in [1.29, 1.82) is 0 Å². The van der Waals surface area contributed by atoms with Gasteiger partial charge in [0.15, 0.2) is 5.13 Å². The summed E-state index contributed by atoms with van der Waals surface area (Å²) < 4.78 is 3.64. The van der Waals surface area contributed by atoms with Gasteiger partial charge in [0.1, 0.15) is 4.88 Å². The van der Waals surface area contributed by atoms with Gasteiger partial charge in [0.05, 0.1) is 11.2 Å². The molecule has 0 aromatic carbocycles. The highest BCUT2D eigenvalue weighted by Gasteiger charge is 2.16. The van der Waals surface area contributed by atoms with Crippen molar-refractivity contribution in [1.82, 2.24) is 19.2 Å². The molecule has 23 heavy (non-hydrogen) atoms. The number of nitrogens with zero attached hydrogens (tertiary/aromatic N) is 4. The van der Waals surface area contributed by atoms with Gasteiger partial charge >= 0.3 is 0 Å². The van der Waals surface area contributed by atoms with Crippen LogP contribution in [0.15, 0.2) is 55.1 Å². The molecular formula is C16H13N5OS. The molecule has 4 aromatic rings. The van der Waals surface area contributed by atoms with Gasteiger partial charge in [0, 0.05) is 30.5 Å². The maximum Gasteiger partial charge on any atom is 0.267 e. The van der Waals surface area contributed by atoms with E-state index in [1.165, 1.54) is 11.3 Å². The van der Waals surface area contributed by atoms with Crippen molar-refractivity contribution in [3.63, 3.8) is 0 Å². The number of fused-ring (bicyclic) bond motifs is 1. The van der Waals surface area contributed by atoms with E-state index in [-0.39, 0.29) is 5.91 Å². The number of aromatic nitrogens is 4. The summed E-state index contributed by atoms with van der Waals surface area (Å²) in [5.74, 6) is -0.151. The van der Waals surface area contributed by atoms with Gasteiger partial charge in [-0.15, -0.1) is 0 Å². The minimum absolute atomic E-state index is 0.151. The number of nitrogens with one attached hydrogen (secondary N) is 1. The molecule has 0 bridgehead atoms. The molecule has 0 saturated heterocycles. The van der Waals surface area contributed by atoms with E-state index in [1.807, 2.05) is 60.4 Å². The number of hydrogen-bond acceptors (Lipinski definition) is 4. The smallest absolute Gasteiger partial charge is 0.267 e. The number of amides is 1. The van der Waals surface area contributed by atoms with Crippen molar-refractivity contribution < 1.29 is 4.79 Å². The Morgan fingerprint density at radius 3 is 2.87 bits per heavy atom. The van der Waals surface area contributed by atoms with Gasteiger partial charge in [-0.05, 0) is 37.3 Å². The molecule has 1 amide bonds. The van der Waals surface area contributed by atoms with Gasteiger partial charge in [-0.1, -0.05) is 11.3 Å². The first-order chi connectivity index (χ1) is 11.2. The molecule has 0 aliphatic rings. The molecule has 0 saturated carbocycles. The van der Waals surface area contributed by atoms with Crippen LogP contribution in [0.25, 0.3) is 10.6 Å². The summed E-state index contributed by atoms with van der Waals surface area (Å²) >= 11 is 1.37. The number of carbonyl (C=O) groups is 1. The van der Waals surface area contributed by atoms with Gasteiger partial charge < -0.3 is 9.88 Å². The molecule has 4 rings (SSSR count). The van der Waals surface area contributed by atoms with Crippen molar-refractivity contribution in [2.45, 2.75) is 6.92 Å². The highest BCUT2D eigenvalue weighted by molar-refractivity contribution is 7.16. The Kier molecular flexibility index (Phi) is 3.20. The van der Waals surface area contributed by atoms with Gasteiger partial charge in [0.2, 0.25) is 0 Å². The van der Waals surface area contributed by atoms with Crippen LogP contribution in [0.3, 0.4) is 0 Å². The second-order valence-corrected chi connectivity index (χ2v) is 6.05. The lowest BCUT2D eigenvalue weighted by Gasteiger charge is -2.04. The summed E-state index contributed by atoms with van der Waals surface area (Å²) in [6.45, 7) is 1.85. The molecule has 1 N–H and O–H groups in total. The van der Waals surface area contributed by atoms with Crippen LogP contribution in [0.4, 0.5) is 5.69 Å². The van der Waals surface area contributed by atoms with Crippen LogP contribution in [-0.4, -0.2) is 25.1 Å². The lowest BCUT2D eigenvalue weighted by atomic mass is 10.3. The number of pyridine rings is 1. The van der Waals surface area contributed by atoms with Crippen LogP contribution >= 0.6 is 11.3 Å². The Labute approximate surface area is 136 Å². The summed E-state index contributed by atoms with van der Waals surface area (Å²) in [4.78, 5) is 17.6. The predicted octanol–water partition coefficient (Wildman–Crippen LogP) is 3.14. The lowest BCUT2D eigenvalue weighted by Crippen LogP contribution is -2.11. The summed E-state index contributed by atoms with van der Waals surface area (Å²) in [6, 6.07) is 9.45. The summed E-state index contributed by atoms with van der Waals surface area (Å²) in [5.41, 5.74) is 2.39. The first-order valence-corrected chi connectivity index (χ1v) is 7.88. The van der Waals surface area contributed by atoms with Crippen molar-refractivity contribution in [2.75, 3.05) is 5.32 Å². The van der Waals surface area contributed by atoms with E-state index >= 15 is 0 Å². The fourth-order valence-electron chi connectivity index (χ4n) is 2.35. The van der Waals surface area contributed by atoms with E-state index < -0.39 is 0 Å². The summed E-state index contributed by atoms with van der Waals surface area (Å²) in [7, 11) is 0. The highest BCUT2D eigenvalue weighted by atomic mass is 32.1. The monoisotopic (exact) mass is 323 g/mol. The van der Waals surface area contributed by atoms with E-state index in [4.69, 9.17) is 0 Å². The van der Waals surface area contributed by atoms with Crippen LogP contribution in [0, 0.1) is 6.92 Å². The molecule has 6 nitrogen and oxygen atoms in total. The Morgan fingerprint density at radius 1 is 1.22 bits per heavy atom.